The molecule has 88 valence electrons. The van der Waals surface area contributed by atoms with Crippen molar-refractivity contribution < 1.29 is 19.0 Å². The summed E-state index contributed by atoms with van der Waals surface area (Å²) in [6.45, 7) is 9.96. The minimum atomic E-state index is -0.503. The summed E-state index contributed by atoms with van der Waals surface area (Å²) >= 11 is 0. The lowest BCUT2D eigenvalue weighted by Gasteiger charge is -2.18. The van der Waals surface area contributed by atoms with Crippen LogP contribution in [0.5, 0.6) is 0 Å². The van der Waals surface area contributed by atoms with Gasteiger partial charge >= 0.3 is 5.97 Å². The average Bonchev–Trinajstić information content (AvgIpc) is 2.00. The Morgan fingerprint density at radius 2 is 1.60 bits per heavy atom. The summed E-state index contributed by atoms with van der Waals surface area (Å²) in [5.74, 6) is -0.256. The second-order valence-corrected chi connectivity index (χ2v) is 3.86. The number of hydrogen-bond acceptors (Lipinski definition) is 4. The normalized spacial score (nSPS) is 10.5. The smallest absolute Gasteiger partial charge is 0.338 e. The van der Waals surface area contributed by atoms with Crippen molar-refractivity contribution in [2.75, 3.05) is 13.2 Å². The van der Waals surface area contributed by atoms with E-state index in [1.165, 1.54) is 6.08 Å². The van der Waals surface area contributed by atoms with Crippen molar-refractivity contribution in [1.82, 2.24) is 0 Å². The Kier molecular flexibility index (Phi) is 5.82. The van der Waals surface area contributed by atoms with E-state index in [0.29, 0.717) is 13.2 Å². The molecule has 0 spiro atoms. The minimum Gasteiger partial charge on any atom is -0.466 e. The van der Waals surface area contributed by atoms with Crippen LogP contribution in [-0.2, 0) is 19.0 Å². The second-order valence-electron chi connectivity index (χ2n) is 3.86. The van der Waals surface area contributed by atoms with Gasteiger partial charge in [0.2, 0.25) is 0 Å². The number of esters is 1. The summed E-state index contributed by atoms with van der Waals surface area (Å²) in [6.07, 6.45) is 1.22. The van der Waals surface area contributed by atoms with Crippen molar-refractivity contribution in [3.8, 4) is 0 Å². The summed E-state index contributed by atoms with van der Waals surface area (Å²) in [5, 5.41) is 0. The summed E-state index contributed by atoms with van der Waals surface area (Å²) in [5.41, 5.74) is -0.503. The van der Waals surface area contributed by atoms with Gasteiger partial charge in [-0.15, -0.1) is 0 Å². The lowest BCUT2D eigenvalue weighted by Crippen LogP contribution is -2.23. The van der Waals surface area contributed by atoms with Crippen molar-refractivity contribution >= 4 is 5.97 Å². The van der Waals surface area contributed by atoms with Gasteiger partial charge in [-0.1, -0.05) is 0 Å². The van der Waals surface area contributed by atoms with Crippen LogP contribution in [-0.4, -0.2) is 24.8 Å². The molecular weight excluding hydrogens is 196 g/mol. The van der Waals surface area contributed by atoms with Crippen LogP contribution < -0.4 is 0 Å². The molecule has 4 heteroatoms. The van der Waals surface area contributed by atoms with Gasteiger partial charge in [0.25, 0.3) is 5.95 Å². The standard InChI is InChI=1S/C11H20O4/c1-6-13-10(14-7-2)8-9(12)15-11(3,4)5/h8H,6-7H2,1-5H3. The summed E-state index contributed by atoms with van der Waals surface area (Å²) in [6, 6.07) is 0. The van der Waals surface area contributed by atoms with Gasteiger partial charge in [0.05, 0.1) is 13.2 Å². The van der Waals surface area contributed by atoms with Gasteiger partial charge in [-0.05, 0) is 34.6 Å². The molecule has 0 atom stereocenters. The van der Waals surface area contributed by atoms with E-state index in [1.54, 1.807) is 20.8 Å². The Labute approximate surface area is 91.2 Å². The topological polar surface area (TPSA) is 44.8 Å². The van der Waals surface area contributed by atoms with Crippen LogP contribution in [0.2, 0.25) is 0 Å². The van der Waals surface area contributed by atoms with Gasteiger partial charge < -0.3 is 14.2 Å². The van der Waals surface area contributed by atoms with Gasteiger partial charge in [0.15, 0.2) is 0 Å². The van der Waals surface area contributed by atoms with Crippen LogP contribution in [0.4, 0.5) is 0 Å². The van der Waals surface area contributed by atoms with Crippen LogP contribution >= 0.6 is 0 Å². The van der Waals surface area contributed by atoms with E-state index >= 15 is 0 Å². The maximum absolute atomic E-state index is 11.4. The summed E-state index contributed by atoms with van der Waals surface area (Å²) in [7, 11) is 0. The molecule has 0 aromatic carbocycles. The molecule has 0 radical (unpaired) electrons. The van der Waals surface area contributed by atoms with Crippen LogP contribution in [0, 0.1) is 0 Å². The van der Waals surface area contributed by atoms with E-state index in [4.69, 9.17) is 14.2 Å². The molecule has 0 unspecified atom stereocenters. The van der Waals surface area contributed by atoms with Crippen molar-refractivity contribution in [2.45, 2.75) is 40.2 Å². The van der Waals surface area contributed by atoms with E-state index in [-0.39, 0.29) is 5.95 Å². The molecule has 0 bridgehead atoms. The SMILES string of the molecule is CCOC(=CC(=O)OC(C)(C)C)OCC. The van der Waals surface area contributed by atoms with Crippen LogP contribution in [0.25, 0.3) is 0 Å². The molecule has 0 rings (SSSR count). The average molecular weight is 216 g/mol. The highest BCUT2D eigenvalue weighted by Crippen LogP contribution is 2.09. The van der Waals surface area contributed by atoms with Crippen molar-refractivity contribution in [3.05, 3.63) is 12.0 Å². The predicted molar refractivity (Wildman–Crippen MR) is 57.2 cm³/mol. The van der Waals surface area contributed by atoms with E-state index in [1.807, 2.05) is 13.8 Å². The fourth-order valence-electron chi connectivity index (χ4n) is 0.837. The number of rotatable bonds is 5. The number of carbonyl (C=O) groups excluding carboxylic acids is 1. The van der Waals surface area contributed by atoms with Crippen molar-refractivity contribution in [1.29, 1.82) is 0 Å². The molecule has 0 aliphatic heterocycles. The van der Waals surface area contributed by atoms with E-state index in [0.717, 1.165) is 0 Å². The molecule has 0 saturated heterocycles. The van der Waals surface area contributed by atoms with Crippen LogP contribution in [0.15, 0.2) is 12.0 Å². The third kappa shape index (κ3) is 7.85. The summed E-state index contributed by atoms with van der Waals surface area (Å²) in [4.78, 5) is 11.4. The second kappa shape index (κ2) is 6.32. The minimum absolute atomic E-state index is 0.203. The molecular formula is C11H20O4. The van der Waals surface area contributed by atoms with Gasteiger partial charge in [-0.25, -0.2) is 4.79 Å². The lowest BCUT2D eigenvalue weighted by atomic mass is 10.2. The Balaban J connectivity index is 4.33. The van der Waals surface area contributed by atoms with Crippen LogP contribution in [0.3, 0.4) is 0 Å². The number of carbonyl (C=O) groups is 1. The number of ether oxygens (including phenoxy) is 3. The number of hydrogen-bond donors (Lipinski definition) is 0. The zero-order valence-electron chi connectivity index (χ0n) is 10.1. The quantitative estimate of drug-likeness (QED) is 0.401. The van der Waals surface area contributed by atoms with Gasteiger partial charge in [-0.3, -0.25) is 0 Å². The molecule has 0 heterocycles. The third-order valence-corrected chi connectivity index (χ3v) is 1.22. The molecule has 0 aliphatic rings. The first-order chi connectivity index (χ1) is 6.89. The fraction of sp³-hybridized carbons (Fsp3) is 0.727. The van der Waals surface area contributed by atoms with Gasteiger partial charge in [0, 0.05) is 0 Å². The van der Waals surface area contributed by atoms with E-state index < -0.39 is 11.6 Å². The molecule has 0 amide bonds. The monoisotopic (exact) mass is 216 g/mol. The van der Waals surface area contributed by atoms with Gasteiger partial charge in [-0.2, -0.15) is 0 Å². The first-order valence-corrected chi connectivity index (χ1v) is 5.09. The summed E-state index contributed by atoms with van der Waals surface area (Å²) < 4.78 is 15.3. The first-order valence-electron chi connectivity index (χ1n) is 5.09. The van der Waals surface area contributed by atoms with Crippen molar-refractivity contribution in [3.63, 3.8) is 0 Å². The third-order valence-electron chi connectivity index (χ3n) is 1.22. The molecule has 0 saturated carbocycles. The maximum Gasteiger partial charge on any atom is 0.338 e. The predicted octanol–water partition coefficient (Wildman–Crippen LogP) is 2.24. The molecule has 0 N–H and O–H groups in total. The molecule has 0 aromatic rings. The van der Waals surface area contributed by atoms with Gasteiger partial charge in [0.1, 0.15) is 11.7 Å². The Morgan fingerprint density at radius 3 is 1.93 bits per heavy atom. The molecule has 0 aliphatic carbocycles. The molecule has 15 heavy (non-hydrogen) atoms. The lowest BCUT2D eigenvalue weighted by molar-refractivity contribution is -0.149. The fourth-order valence-corrected chi connectivity index (χ4v) is 0.837. The highest BCUT2D eigenvalue weighted by Gasteiger charge is 2.15. The van der Waals surface area contributed by atoms with Crippen LogP contribution in [0.1, 0.15) is 34.6 Å². The molecule has 0 aromatic heterocycles. The zero-order chi connectivity index (χ0) is 11.9. The Morgan fingerprint density at radius 1 is 1.13 bits per heavy atom. The van der Waals surface area contributed by atoms with Crippen molar-refractivity contribution in [2.24, 2.45) is 0 Å². The van der Waals surface area contributed by atoms with E-state index in [9.17, 15) is 4.79 Å². The highest BCUT2D eigenvalue weighted by molar-refractivity contribution is 5.82. The highest BCUT2D eigenvalue weighted by atomic mass is 16.7. The Bertz CT molecular complexity index is 217. The Hall–Kier alpha value is -1.19. The first kappa shape index (κ1) is 13.8. The maximum atomic E-state index is 11.4. The molecule has 0 fully saturated rings. The van der Waals surface area contributed by atoms with E-state index in [2.05, 4.69) is 0 Å². The molecule has 4 nitrogen and oxygen atoms in total. The zero-order valence-corrected chi connectivity index (χ0v) is 10.1. The largest absolute Gasteiger partial charge is 0.466 e.